The number of nitrogens with one attached hydrogen (secondary N) is 1. The van der Waals surface area contributed by atoms with E-state index in [9.17, 15) is 9.59 Å². The molecule has 1 fully saturated rings. The van der Waals surface area contributed by atoms with Crippen LogP contribution in [0.5, 0.6) is 5.75 Å². The first kappa shape index (κ1) is 25.6. The average Bonchev–Trinajstić information content (AvgIpc) is 3.13. The van der Waals surface area contributed by atoms with Crippen molar-refractivity contribution in [3.8, 4) is 5.75 Å². The zero-order chi connectivity index (χ0) is 25.7. The van der Waals surface area contributed by atoms with Crippen LogP contribution in [-0.2, 0) is 17.9 Å². The van der Waals surface area contributed by atoms with Crippen LogP contribution in [0.1, 0.15) is 30.5 Å². The summed E-state index contributed by atoms with van der Waals surface area (Å²) in [7, 11) is 0. The monoisotopic (exact) mass is 523 g/mol. The minimum absolute atomic E-state index is 0.195. The highest BCUT2D eigenvalue weighted by Crippen LogP contribution is 2.30. The van der Waals surface area contributed by atoms with Crippen molar-refractivity contribution in [2.24, 2.45) is 0 Å². The zero-order valence-corrected chi connectivity index (χ0v) is 21.6. The van der Waals surface area contributed by atoms with E-state index in [0.717, 1.165) is 29.9 Å². The smallest absolute Gasteiger partial charge is 0.329 e. The average molecular weight is 524 g/mol. The van der Waals surface area contributed by atoms with Crippen molar-refractivity contribution >= 4 is 46.9 Å². The van der Waals surface area contributed by atoms with Crippen LogP contribution in [0.25, 0.3) is 6.08 Å². The fourth-order valence-corrected chi connectivity index (χ4v) is 4.45. The predicted octanol–water partition coefficient (Wildman–Crippen LogP) is 6.51. The van der Waals surface area contributed by atoms with Crippen LogP contribution in [0.3, 0.4) is 0 Å². The van der Waals surface area contributed by atoms with Crippen molar-refractivity contribution in [1.82, 2.24) is 10.2 Å². The zero-order valence-electron chi connectivity index (χ0n) is 20.1. The Labute approximate surface area is 221 Å². The molecule has 1 saturated heterocycles. The molecule has 0 saturated carbocycles. The molecule has 0 aromatic heterocycles. The topological polar surface area (TPSA) is 61.9 Å². The van der Waals surface area contributed by atoms with E-state index in [0.29, 0.717) is 21.4 Å². The number of benzene rings is 3. The molecule has 0 unspecified atom stereocenters. The number of rotatable bonds is 9. The molecule has 3 aromatic carbocycles. The molecule has 0 aliphatic carbocycles. The normalized spacial score (nSPS) is 14.3. The van der Waals surface area contributed by atoms with E-state index < -0.39 is 6.03 Å². The summed E-state index contributed by atoms with van der Waals surface area (Å²) in [5.74, 6) is 0.185. The van der Waals surface area contributed by atoms with Crippen molar-refractivity contribution in [2.45, 2.75) is 27.0 Å². The second-order valence-electron chi connectivity index (χ2n) is 8.28. The van der Waals surface area contributed by atoms with Crippen LogP contribution in [0.2, 0.25) is 10.0 Å². The molecule has 3 aromatic rings. The number of anilines is 1. The van der Waals surface area contributed by atoms with E-state index in [4.69, 9.17) is 27.9 Å². The van der Waals surface area contributed by atoms with E-state index >= 15 is 0 Å². The van der Waals surface area contributed by atoms with Crippen LogP contribution >= 0.6 is 23.2 Å². The maximum absolute atomic E-state index is 13.1. The van der Waals surface area contributed by atoms with E-state index in [2.05, 4.69) is 24.1 Å². The third-order valence-electron chi connectivity index (χ3n) is 5.97. The van der Waals surface area contributed by atoms with Crippen LogP contribution in [0, 0.1) is 0 Å². The van der Waals surface area contributed by atoms with Gasteiger partial charge < -0.3 is 15.0 Å². The maximum Gasteiger partial charge on any atom is 0.329 e. The van der Waals surface area contributed by atoms with Gasteiger partial charge in [-0.3, -0.25) is 9.69 Å². The molecule has 0 spiro atoms. The Kier molecular flexibility index (Phi) is 8.18. The Balaban J connectivity index is 1.63. The quantitative estimate of drug-likeness (QED) is 0.256. The van der Waals surface area contributed by atoms with Crippen LogP contribution in [-0.4, -0.2) is 29.9 Å². The molecule has 0 radical (unpaired) electrons. The van der Waals surface area contributed by atoms with E-state index in [1.165, 1.54) is 4.90 Å². The number of halogens is 2. The lowest BCUT2D eigenvalue weighted by molar-refractivity contribution is -0.123. The van der Waals surface area contributed by atoms with Gasteiger partial charge in [0.1, 0.15) is 18.1 Å². The summed E-state index contributed by atoms with van der Waals surface area (Å²) in [4.78, 5) is 29.0. The first-order valence-corrected chi connectivity index (χ1v) is 12.5. The van der Waals surface area contributed by atoms with E-state index in [-0.39, 0.29) is 24.8 Å². The highest BCUT2D eigenvalue weighted by atomic mass is 35.5. The lowest BCUT2D eigenvalue weighted by atomic mass is 10.1. The summed E-state index contributed by atoms with van der Waals surface area (Å²) < 4.78 is 6.18. The van der Waals surface area contributed by atoms with Gasteiger partial charge in [-0.15, -0.1) is 0 Å². The van der Waals surface area contributed by atoms with E-state index in [1.807, 2.05) is 54.6 Å². The number of carbonyl (C=O) groups is 2. The van der Waals surface area contributed by atoms with Crippen molar-refractivity contribution in [1.29, 1.82) is 0 Å². The van der Waals surface area contributed by atoms with Crippen LogP contribution in [0.15, 0.2) is 72.4 Å². The van der Waals surface area contributed by atoms with Gasteiger partial charge in [0, 0.05) is 46.0 Å². The van der Waals surface area contributed by atoms with Gasteiger partial charge in [-0.1, -0.05) is 59.6 Å². The highest BCUT2D eigenvalue weighted by Gasteiger charge is 2.33. The molecule has 36 heavy (non-hydrogen) atoms. The molecule has 3 amide bonds. The number of hydrogen-bond donors (Lipinski definition) is 1. The Morgan fingerprint density at radius 1 is 0.972 bits per heavy atom. The summed E-state index contributed by atoms with van der Waals surface area (Å²) in [6.07, 6.45) is 1.65. The van der Waals surface area contributed by atoms with Gasteiger partial charge in [0.15, 0.2) is 0 Å². The molecule has 1 heterocycles. The van der Waals surface area contributed by atoms with E-state index in [1.54, 1.807) is 18.2 Å². The third-order valence-corrected chi connectivity index (χ3v) is 6.56. The van der Waals surface area contributed by atoms with Crippen molar-refractivity contribution < 1.29 is 14.3 Å². The van der Waals surface area contributed by atoms with Gasteiger partial charge in [-0.25, -0.2) is 4.79 Å². The lowest BCUT2D eigenvalue weighted by Crippen LogP contribution is -2.30. The van der Waals surface area contributed by atoms with Gasteiger partial charge in [-0.05, 0) is 49.8 Å². The molecule has 0 atom stereocenters. The molecule has 6 nitrogen and oxygen atoms in total. The van der Waals surface area contributed by atoms with Gasteiger partial charge in [0.25, 0.3) is 5.91 Å². The highest BCUT2D eigenvalue weighted by molar-refractivity contribution is 6.35. The lowest BCUT2D eigenvalue weighted by Gasteiger charge is -2.22. The fraction of sp³-hybridized carbons (Fsp3) is 0.214. The Morgan fingerprint density at radius 3 is 2.42 bits per heavy atom. The molecule has 1 N–H and O–H groups in total. The van der Waals surface area contributed by atoms with Crippen molar-refractivity contribution in [3.05, 3.63) is 99.2 Å². The Bertz CT molecular complexity index is 1290. The molecule has 186 valence electrons. The number of imide groups is 1. The van der Waals surface area contributed by atoms with Gasteiger partial charge in [0.2, 0.25) is 0 Å². The first-order valence-electron chi connectivity index (χ1n) is 11.7. The Morgan fingerprint density at radius 2 is 1.72 bits per heavy atom. The van der Waals surface area contributed by atoms with Crippen molar-refractivity contribution in [3.63, 3.8) is 0 Å². The largest absolute Gasteiger partial charge is 0.488 e. The molecule has 1 aliphatic heterocycles. The summed E-state index contributed by atoms with van der Waals surface area (Å²) in [6.45, 7) is 6.25. The second-order valence-corrected chi connectivity index (χ2v) is 9.13. The number of amides is 3. The van der Waals surface area contributed by atoms with Crippen molar-refractivity contribution in [2.75, 3.05) is 18.0 Å². The predicted molar refractivity (Wildman–Crippen MR) is 144 cm³/mol. The summed E-state index contributed by atoms with van der Waals surface area (Å²) in [5.41, 5.74) is 3.51. The number of urea groups is 1. The number of carbonyl (C=O) groups excluding carboxylic acids is 2. The summed E-state index contributed by atoms with van der Waals surface area (Å²) in [6, 6.07) is 20.0. The standard InChI is InChI=1S/C28H27Cl2N3O3/c1-3-32(4-2)23-13-11-20(26(16-23)36-18-21-10-12-22(29)15-24(21)30)14-25-27(34)33(28(35)31-25)17-19-8-6-5-7-9-19/h5-16H,3-4,17-18H2,1-2H3,(H,31,35)/b25-14+. The molecular weight excluding hydrogens is 497 g/mol. The number of nitrogens with zero attached hydrogens (tertiary/aromatic N) is 2. The molecular formula is C28H27Cl2N3O3. The third kappa shape index (κ3) is 5.83. The second kappa shape index (κ2) is 11.5. The fourth-order valence-electron chi connectivity index (χ4n) is 3.98. The Hall–Kier alpha value is -3.48. The van der Waals surface area contributed by atoms with Crippen LogP contribution < -0.4 is 15.0 Å². The minimum Gasteiger partial charge on any atom is -0.488 e. The molecule has 0 bridgehead atoms. The number of ether oxygens (including phenoxy) is 1. The molecule has 8 heteroatoms. The van der Waals surface area contributed by atoms with Gasteiger partial charge in [-0.2, -0.15) is 0 Å². The van der Waals surface area contributed by atoms with Gasteiger partial charge >= 0.3 is 6.03 Å². The summed E-state index contributed by atoms with van der Waals surface area (Å²) in [5, 5.41) is 3.76. The first-order chi connectivity index (χ1) is 17.4. The molecule has 4 rings (SSSR count). The SMILES string of the molecule is CCN(CC)c1ccc(/C=C2/NC(=O)N(Cc3ccccc3)C2=O)c(OCc2ccc(Cl)cc2Cl)c1. The van der Waals surface area contributed by atoms with Crippen LogP contribution in [0.4, 0.5) is 10.5 Å². The maximum atomic E-state index is 13.1. The summed E-state index contributed by atoms with van der Waals surface area (Å²) >= 11 is 12.4. The number of hydrogen-bond acceptors (Lipinski definition) is 4. The molecule has 1 aliphatic rings. The van der Waals surface area contributed by atoms with Gasteiger partial charge in [0.05, 0.1) is 6.54 Å². The minimum atomic E-state index is -0.453.